The fourth-order valence-corrected chi connectivity index (χ4v) is 2.96. The average molecular weight is 350 g/mol. The topological polar surface area (TPSA) is 21.3 Å². The molecular weight excluding hydrogens is 326 g/mol. The van der Waals surface area contributed by atoms with E-state index < -0.39 is 0 Å². The summed E-state index contributed by atoms with van der Waals surface area (Å²) >= 11 is 3.67. The Bertz CT molecular complexity index is 570. The molecule has 0 saturated carbocycles. The van der Waals surface area contributed by atoms with E-state index in [-0.39, 0.29) is 6.10 Å². The van der Waals surface area contributed by atoms with Crippen LogP contribution in [0.15, 0.2) is 40.9 Å². The first kappa shape index (κ1) is 16.3. The molecule has 1 N–H and O–H groups in total. The van der Waals surface area contributed by atoms with Gasteiger partial charge < -0.3 is 10.1 Å². The van der Waals surface area contributed by atoms with Crippen LogP contribution >= 0.6 is 15.9 Å². The SMILES string of the molecule is CCCCCNCC(C)Oc1ccc2ccccc2c1Br. The van der Waals surface area contributed by atoms with Gasteiger partial charge in [0.15, 0.2) is 0 Å². The summed E-state index contributed by atoms with van der Waals surface area (Å²) < 4.78 is 7.09. The Morgan fingerprint density at radius 3 is 2.76 bits per heavy atom. The largest absolute Gasteiger partial charge is 0.488 e. The molecule has 0 aromatic heterocycles. The molecule has 3 heteroatoms. The van der Waals surface area contributed by atoms with Crippen LogP contribution in [0.5, 0.6) is 5.75 Å². The molecule has 2 nitrogen and oxygen atoms in total. The maximum Gasteiger partial charge on any atom is 0.134 e. The molecule has 0 aliphatic heterocycles. The zero-order valence-corrected chi connectivity index (χ0v) is 14.4. The molecule has 1 atom stereocenters. The number of hydrogen-bond acceptors (Lipinski definition) is 2. The predicted octanol–water partition coefficient (Wildman–Crippen LogP) is 5.15. The number of unbranched alkanes of at least 4 members (excludes halogenated alkanes) is 2. The number of nitrogens with one attached hydrogen (secondary N) is 1. The summed E-state index contributed by atoms with van der Waals surface area (Å²) in [4.78, 5) is 0. The van der Waals surface area contributed by atoms with Crippen LogP contribution in [0.4, 0.5) is 0 Å². The third-order valence-corrected chi connectivity index (χ3v) is 4.36. The summed E-state index contributed by atoms with van der Waals surface area (Å²) in [7, 11) is 0. The van der Waals surface area contributed by atoms with Crippen LogP contribution in [0.2, 0.25) is 0 Å². The van der Waals surface area contributed by atoms with Crippen molar-refractivity contribution in [3.05, 3.63) is 40.9 Å². The number of halogens is 1. The smallest absolute Gasteiger partial charge is 0.134 e. The molecule has 0 heterocycles. The molecule has 0 aliphatic carbocycles. The van der Waals surface area contributed by atoms with Crippen molar-refractivity contribution in [2.45, 2.75) is 39.2 Å². The van der Waals surface area contributed by atoms with E-state index in [9.17, 15) is 0 Å². The van der Waals surface area contributed by atoms with Crippen LogP contribution in [0, 0.1) is 0 Å². The van der Waals surface area contributed by atoms with Crippen LogP contribution in [0.3, 0.4) is 0 Å². The highest BCUT2D eigenvalue weighted by Crippen LogP contribution is 2.33. The lowest BCUT2D eigenvalue weighted by atomic mass is 10.1. The van der Waals surface area contributed by atoms with E-state index in [4.69, 9.17) is 4.74 Å². The minimum absolute atomic E-state index is 0.157. The molecule has 0 radical (unpaired) electrons. The van der Waals surface area contributed by atoms with Gasteiger partial charge in [-0.1, -0.05) is 50.1 Å². The Hall–Kier alpha value is -1.06. The summed E-state index contributed by atoms with van der Waals surface area (Å²) in [5.74, 6) is 0.913. The average Bonchev–Trinajstić information content (AvgIpc) is 2.50. The number of rotatable bonds is 8. The van der Waals surface area contributed by atoms with E-state index in [1.54, 1.807) is 0 Å². The van der Waals surface area contributed by atoms with E-state index >= 15 is 0 Å². The third kappa shape index (κ3) is 4.72. The maximum atomic E-state index is 6.05. The van der Waals surface area contributed by atoms with Gasteiger partial charge in [0.05, 0.1) is 4.47 Å². The zero-order chi connectivity index (χ0) is 15.1. The van der Waals surface area contributed by atoms with Crippen molar-refractivity contribution in [3.63, 3.8) is 0 Å². The maximum absolute atomic E-state index is 6.05. The fraction of sp³-hybridized carbons (Fsp3) is 0.444. The van der Waals surface area contributed by atoms with Crippen LogP contribution < -0.4 is 10.1 Å². The molecule has 2 aromatic carbocycles. The number of ether oxygens (including phenoxy) is 1. The minimum atomic E-state index is 0.157. The van der Waals surface area contributed by atoms with Gasteiger partial charge in [-0.2, -0.15) is 0 Å². The van der Waals surface area contributed by atoms with Gasteiger partial charge >= 0.3 is 0 Å². The van der Waals surface area contributed by atoms with Crippen molar-refractivity contribution >= 4 is 26.7 Å². The van der Waals surface area contributed by atoms with E-state index in [0.717, 1.165) is 23.3 Å². The van der Waals surface area contributed by atoms with Crippen LogP contribution in [-0.2, 0) is 0 Å². The van der Waals surface area contributed by atoms with Crippen molar-refractivity contribution in [2.24, 2.45) is 0 Å². The fourth-order valence-electron chi connectivity index (χ4n) is 2.37. The highest BCUT2D eigenvalue weighted by atomic mass is 79.9. The molecule has 114 valence electrons. The summed E-state index contributed by atoms with van der Waals surface area (Å²) in [6.07, 6.45) is 3.95. The zero-order valence-electron chi connectivity index (χ0n) is 12.9. The molecular formula is C18H24BrNO. The van der Waals surface area contributed by atoms with Crippen LogP contribution in [0.25, 0.3) is 10.8 Å². The Labute approximate surface area is 136 Å². The standard InChI is InChI=1S/C18H24BrNO/c1-3-4-7-12-20-13-14(2)21-17-11-10-15-8-5-6-9-16(15)18(17)19/h5-6,8-11,14,20H,3-4,7,12-13H2,1-2H3. The minimum Gasteiger partial charge on any atom is -0.488 e. The van der Waals surface area contributed by atoms with Gasteiger partial charge in [0.1, 0.15) is 11.9 Å². The van der Waals surface area contributed by atoms with E-state index in [1.807, 2.05) is 6.07 Å². The Morgan fingerprint density at radius 2 is 1.95 bits per heavy atom. The first-order valence-corrected chi connectivity index (χ1v) is 8.56. The molecule has 0 saturated heterocycles. The lowest BCUT2D eigenvalue weighted by molar-refractivity contribution is 0.216. The quantitative estimate of drug-likeness (QED) is 0.665. The van der Waals surface area contributed by atoms with Crippen molar-refractivity contribution in [3.8, 4) is 5.75 Å². The van der Waals surface area contributed by atoms with Crippen molar-refractivity contribution in [1.82, 2.24) is 5.32 Å². The summed E-state index contributed by atoms with van der Waals surface area (Å²) in [5, 5.41) is 5.87. The Balaban J connectivity index is 1.92. The lowest BCUT2D eigenvalue weighted by Crippen LogP contribution is -2.29. The van der Waals surface area contributed by atoms with Gasteiger partial charge in [0.25, 0.3) is 0 Å². The monoisotopic (exact) mass is 349 g/mol. The number of hydrogen-bond donors (Lipinski definition) is 1. The molecule has 0 fully saturated rings. The normalized spacial score (nSPS) is 12.5. The molecule has 21 heavy (non-hydrogen) atoms. The summed E-state index contributed by atoms with van der Waals surface area (Å²) in [5.41, 5.74) is 0. The Kier molecular flexibility index (Phi) is 6.52. The second-order valence-electron chi connectivity index (χ2n) is 5.44. The van der Waals surface area contributed by atoms with Gasteiger partial charge in [0.2, 0.25) is 0 Å². The molecule has 1 unspecified atom stereocenters. The third-order valence-electron chi connectivity index (χ3n) is 3.54. The first-order chi connectivity index (χ1) is 10.2. The first-order valence-electron chi connectivity index (χ1n) is 7.77. The lowest BCUT2D eigenvalue weighted by Gasteiger charge is -2.17. The van der Waals surface area contributed by atoms with E-state index in [0.29, 0.717) is 0 Å². The molecule has 0 amide bonds. The highest BCUT2D eigenvalue weighted by molar-refractivity contribution is 9.10. The molecule has 2 rings (SSSR count). The predicted molar refractivity (Wildman–Crippen MR) is 94.1 cm³/mol. The van der Waals surface area contributed by atoms with Crippen LogP contribution in [0.1, 0.15) is 33.1 Å². The second kappa shape index (κ2) is 8.40. The van der Waals surface area contributed by atoms with Gasteiger partial charge in [-0.25, -0.2) is 0 Å². The molecule has 0 spiro atoms. The molecule has 0 aliphatic rings. The highest BCUT2D eigenvalue weighted by Gasteiger charge is 2.09. The van der Waals surface area contributed by atoms with Crippen LogP contribution in [-0.4, -0.2) is 19.2 Å². The van der Waals surface area contributed by atoms with Gasteiger partial charge in [0, 0.05) is 6.54 Å². The Morgan fingerprint density at radius 1 is 1.14 bits per heavy atom. The van der Waals surface area contributed by atoms with Crippen molar-refractivity contribution in [1.29, 1.82) is 0 Å². The summed E-state index contributed by atoms with van der Waals surface area (Å²) in [6, 6.07) is 12.5. The van der Waals surface area contributed by atoms with Gasteiger partial charge in [-0.3, -0.25) is 0 Å². The second-order valence-corrected chi connectivity index (χ2v) is 6.23. The van der Waals surface area contributed by atoms with E-state index in [2.05, 4.69) is 65.4 Å². The summed E-state index contributed by atoms with van der Waals surface area (Å²) in [6.45, 7) is 6.28. The van der Waals surface area contributed by atoms with Crippen molar-refractivity contribution in [2.75, 3.05) is 13.1 Å². The van der Waals surface area contributed by atoms with Gasteiger partial charge in [-0.15, -0.1) is 0 Å². The molecule has 2 aromatic rings. The number of benzene rings is 2. The van der Waals surface area contributed by atoms with Crippen molar-refractivity contribution < 1.29 is 4.74 Å². The molecule has 0 bridgehead atoms. The number of fused-ring (bicyclic) bond motifs is 1. The van der Waals surface area contributed by atoms with E-state index in [1.165, 1.54) is 30.0 Å². The van der Waals surface area contributed by atoms with Gasteiger partial charge in [-0.05, 0) is 52.7 Å².